The van der Waals surface area contributed by atoms with Crippen molar-refractivity contribution in [3.8, 4) is 0 Å². The second-order valence-corrected chi connectivity index (χ2v) is 4.96. The number of aryl methyl sites for hydroxylation is 3. The Morgan fingerprint density at radius 2 is 1.75 bits per heavy atom. The number of nitrogens with two attached hydrogens (primary N) is 1. The summed E-state index contributed by atoms with van der Waals surface area (Å²) in [7, 11) is 0. The first-order valence-corrected chi connectivity index (χ1v) is 7.07. The summed E-state index contributed by atoms with van der Waals surface area (Å²) < 4.78 is 2.29. The summed E-state index contributed by atoms with van der Waals surface area (Å²) in [6, 6.07) is 16.4. The zero-order valence-corrected chi connectivity index (χ0v) is 11.7. The molecule has 2 aromatic carbocycles. The van der Waals surface area contributed by atoms with Crippen LogP contribution in [0.15, 0.2) is 48.5 Å². The highest BCUT2D eigenvalue weighted by Crippen LogP contribution is 2.19. The van der Waals surface area contributed by atoms with Gasteiger partial charge < -0.3 is 10.3 Å². The Morgan fingerprint density at radius 3 is 2.55 bits per heavy atom. The molecule has 0 fully saturated rings. The smallest absolute Gasteiger partial charge is 0.110 e. The van der Waals surface area contributed by atoms with Crippen molar-refractivity contribution >= 4 is 16.7 Å². The lowest BCUT2D eigenvalue weighted by atomic mass is 10.1. The molecule has 3 heteroatoms. The Kier molecular flexibility index (Phi) is 3.42. The molecule has 3 rings (SSSR count). The van der Waals surface area contributed by atoms with Crippen LogP contribution in [-0.2, 0) is 19.4 Å². The van der Waals surface area contributed by atoms with Crippen LogP contribution in [0.2, 0.25) is 0 Å². The van der Waals surface area contributed by atoms with E-state index in [4.69, 9.17) is 10.7 Å². The summed E-state index contributed by atoms with van der Waals surface area (Å²) in [4.78, 5) is 4.75. The number of hydrogen-bond acceptors (Lipinski definition) is 2. The Balaban J connectivity index is 1.89. The van der Waals surface area contributed by atoms with Crippen molar-refractivity contribution in [3.63, 3.8) is 0 Å². The topological polar surface area (TPSA) is 43.8 Å². The van der Waals surface area contributed by atoms with Gasteiger partial charge in [-0.25, -0.2) is 4.98 Å². The molecule has 2 N–H and O–H groups in total. The van der Waals surface area contributed by atoms with E-state index in [1.54, 1.807) is 0 Å². The van der Waals surface area contributed by atoms with Gasteiger partial charge >= 0.3 is 0 Å². The van der Waals surface area contributed by atoms with Gasteiger partial charge in [-0.1, -0.05) is 30.3 Å². The van der Waals surface area contributed by atoms with Gasteiger partial charge in [0.1, 0.15) is 5.82 Å². The molecule has 0 saturated heterocycles. The first-order valence-electron chi connectivity index (χ1n) is 7.07. The van der Waals surface area contributed by atoms with E-state index in [0.29, 0.717) is 0 Å². The minimum Gasteiger partial charge on any atom is -0.399 e. The lowest BCUT2D eigenvalue weighted by molar-refractivity contribution is 0.707. The van der Waals surface area contributed by atoms with Crippen molar-refractivity contribution in [1.82, 2.24) is 9.55 Å². The van der Waals surface area contributed by atoms with E-state index in [2.05, 4.69) is 35.8 Å². The Morgan fingerprint density at radius 1 is 1.00 bits per heavy atom. The summed E-state index contributed by atoms with van der Waals surface area (Å²) in [5, 5.41) is 0. The molecule has 20 heavy (non-hydrogen) atoms. The Bertz CT molecular complexity index is 728. The second-order valence-electron chi connectivity index (χ2n) is 4.96. The molecule has 0 bridgehead atoms. The summed E-state index contributed by atoms with van der Waals surface area (Å²) >= 11 is 0. The lowest BCUT2D eigenvalue weighted by Gasteiger charge is -2.07. The number of benzene rings is 2. The van der Waals surface area contributed by atoms with Crippen LogP contribution in [0.3, 0.4) is 0 Å². The van der Waals surface area contributed by atoms with Gasteiger partial charge in [-0.2, -0.15) is 0 Å². The van der Waals surface area contributed by atoms with Crippen molar-refractivity contribution in [2.24, 2.45) is 0 Å². The normalized spacial score (nSPS) is 11.1. The highest BCUT2D eigenvalue weighted by Gasteiger charge is 2.09. The van der Waals surface area contributed by atoms with Gasteiger partial charge in [0.25, 0.3) is 0 Å². The number of para-hydroxylation sites is 3. The van der Waals surface area contributed by atoms with E-state index in [1.807, 2.05) is 24.3 Å². The molecule has 0 amide bonds. The average Bonchev–Trinajstić information content (AvgIpc) is 2.84. The van der Waals surface area contributed by atoms with E-state index < -0.39 is 0 Å². The molecule has 3 nitrogen and oxygen atoms in total. The number of nitrogen functional groups attached to an aromatic ring is 1. The van der Waals surface area contributed by atoms with Crippen LogP contribution in [0.5, 0.6) is 0 Å². The molecule has 0 aliphatic heterocycles. The van der Waals surface area contributed by atoms with Gasteiger partial charge in [-0.15, -0.1) is 0 Å². The zero-order valence-electron chi connectivity index (χ0n) is 11.7. The molecule has 1 aromatic heterocycles. The van der Waals surface area contributed by atoms with E-state index >= 15 is 0 Å². The Labute approximate surface area is 119 Å². The van der Waals surface area contributed by atoms with Crippen molar-refractivity contribution < 1.29 is 0 Å². The molecule has 0 aliphatic rings. The number of aromatic nitrogens is 2. The van der Waals surface area contributed by atoms with Crippen LogP contribution in [0.1, 0.15) is 18.3 Å². The first-order chi connectivity index (χ1) is 9.79. The fraction of sp³-hybridized carbons (Fsp3) is 0.235. The molecule has 102 valence electrons. The van der Waals surface area contributed by atoms with E-state index in [0.717, 1.165) is 36.4 Å². The van der Waals surface area contributed by atoms with Crippen LogP contribution in [-0.4, -0.2) is 9.55 Å². The number of imidazole rings is 1. The first kappa shape index (κ1) is 12.7. The van der Waals surface area contributed by atoms with Gasteiger partial charge in [-0.05, 0) is 37.1 Å². The molecule has 0 saturated carbocycles. The minimum absolute atomic E-state index is 0.867. The molecule has 3 aromatic rings. The molecule has 1 heterocycles. The lowest BCUT2D eigenvalue weighted by Crippen LogP contribution is -2.04. The highest BCUT2D eigenvalue weighted by molar-refractivity contribution is 5.75. The molecule has 0 unspecified atom stereocenters. The van der Waals surface area contributed by atoms with Crippen LogP contribution in [0, 0.1) is 0 Å². The molecule has 0 aliphatic carbocycles. The van der Waals surface area contributed by atoms with Crippen LogP contribution in [0.4, 0.5) is 5.69 Å². The standard InChI is InChI=1S/C17H19N3/c1-2-20-16-10-6-5-9-15(16)19-17(20)12-11-13-7-3-4-8-14(13)18/h3-10H,2,11-12,18H2,1H3. The van der Waals surface area contributed by atoms with Crippen LogP contribution in [0.25, 0.3) is 11.0 Å². The predicted molar refractivity (Wildman–Crippen MR) is 83.7 cm³/mol. The third kappa shape index (κ3) is 2.27. The molecule has 0 radical (unpaired) electrons. The molecule has 0 spiro atoms. The third-order valence-electron chi connectivity index (χ3n) is 3.72. The minimum atomic E-state index is 0.867. The number of rotatable bonds is 4. The summed E-state index contributed by atoms with van der Waals surface area (Å²) in [5.74, 6) is 1.14. The maximum atomic E-state index is 6.00. The van der Waals surface area contributed by atoms with Gasteiger partial charge in [0.15, 0.2) is 0 Å². The van der Waals surface area contributed by atoms with Gasteiger partial charge in [-0.3, -0.25) is 0 Å². The van der Waals surface area contributed by atoms with Crippen molar-refractivity contribution in [3.05, 3.63) is 59.9 Å². The monoisotopic (exact) mass is 265 g/mol. The van der Waals surface area contributed by atoms with Gasteiger partial charge in [0.05, 0.1) is 11.0 Å². The maximum absolute atomic E-state index is 6.00. The fourth-order valence-corrected chi connectivity index (χ4v) is 2.68. The van der Waals surface area contributed by atoms with Crippen LogP contribution >= 0.6 is 0 Å². The molecular weight excluding hydrogens is 246 g/mol. The quantitative estimate of drug-likeness (QED) is 0.734. The summed E-state index contributed by atoms with van der Waals surface area (Å²) in [5.41, 5.74) is 10.4. The fourth-order valence-electron chi connectivity index (χ4n) is 2.68. The maximum Gasteiger partial charge on any atom is 0.110 e. The summed E-state index contributed by atoms with van der Waals surface area (Å²) in [6.07, 6.45) is 1.84. The van der Waals surface area contributed by atoms with E-state index in [-0.39, 0.29) is 0 Å². The molecule has 0 atom stereocenters. The van der Waals surface area contributed by atoms with Crippen molar-refractivity contribution in [2.45, 2.75) is 26.3 Å². The number of anilines is 1. The number of fused-ring (bicyclic) bond motifs is 1. The largest absolute Gasteiger partial charge is 0.399 e. The van der Waals surface area contributed by atoms with Gasteiger partial charge in [0.2, 0.25) is 0 Å². The number of hydrogen-bond donors (Lipinski definition) is 1. The SMILES string of the molecule is CCn1c(CCc2ccccc2N)nc2ccccc21. The van der Waals surface area contributed by atoms with Crippen LogP contribution < -0.4 is 5.73 Å². The van der Waals surface area contributed by atoms with E-state index in [1.165, 1.54) is 11.1 Å². The average molecular weight is 265 g/mol. The number of nitrogens with zero attached hydrogens (tertiary/aromatic N) is 2. The zero-order chi connectivity index (χ0) is 13.9. The predicted octanol–water partition coefficient (Wildman–Crippen LogP) is 3.42. The Hall–Kier alpha value is -2.29. The summed E-state index contributed by atoms with van der Waals surface area (Å²) in [6.45, 7) is 3.11. The third-order valence-corrected chi connectivity index (χ3v) is 3.72. The van der Waals surface area contributed by atoms with Crippen molar-refractivity contribution in [2.75, 3.05) is 5.73 Å². The van der Waals surface area contributed by atoms with E-state index in [9.17, 15) is 0 Å². The second kappa shape index (κ2) is 5.37. The van der Waals surface area contributed by atoms with Crippen molar-refractivity contribution in [1.29, 1.82) is 0 Å². The highest BCUT2D eigenvalue weighted by atomic mass is 15.1. The molecular formula is C17H19N3. The van der Waals surface area contributed by atoms with Gasteiger partial charge in [0, 0.05) is 18.7 Å².